The van der Waals surface area contributed by atoms with Crippen LogP contribution in [-0.4, -0.2) is 65.3 Å². The summed E-state index contributed by atoms with van der Waals surface area (Å²) < 4.78 is 0. The summed E-state index contributed by atoms with van der Waals surface area (Å²) in [5.74, 6) is 0. The lowest BCUT2D eigenvalue weighted by Gasteiger charge is -2.54. The Kier molecular flexibility index (Phi) is 13.0. The maximum absolute atomic E-state index is 11.4. The third-order valence-corrected chi connectivity index (χ3v) is 9.90. The Morgan fingerprint density at radius 1 is 0.457 bits per heavy atom. The van der Waals surface area contributed by atoms with E-state index in [1.54, 1.807) is 26.0 Å². The minimum atomic E-state index is -1.46. The molecule has 0 saturated heterocycles. The quantitative estimate of drug-likeness (QED) is 0.146. The summed E-state index contributed by atoms with van der Waals surface area (Å²) in [7, 11) is 0. The van der Waals surface area contributed by atoms with Crippen LogP contribution in [0.25, 0.3) is 0 Å². The fourth-order valence-electron chi connectivity index (χ4n) is 6.98. The van der Waals surface area contributed by atoms with E-state index in [1.165, 1.54) is 0 Å². The molecule has 0 aromatic heterocycles. The molecule has 0 aliphatic heterocycles. The Labute approximate surface area is 278 Å². The molecule has 0 aromatic rings. The van der Waals surface area contributed by atoms with Crippen molar-refractivity contribution in [2.45, 2.75) is 130 Å². The summed E-state index contributed by atoms with van der Waals surface area (Å²) in [6.45, 7) is 18.5. The van der Waals surface area contributed by atoms with Crippen LogP contribution in [0.5, 0.6) is 0 Å². The predicted molar refractivity (Wildman–Crippen MR) is 190 cm³/mol. The highest BCUT2D eigenvalue weighted by atomic mass is 16.4. The fourth-order valence-corrected chi connectivity index (χ4v) is 6.98. The largest absolute Gasteiger partial charge is 0.393 e. The summed E-state index contributed by atoms with van der Waals surface area (Å²) in [6, 6.07) is 0. The lowest BCUT2D eigenvalue weighted by molar-refractivity contribution is -0.217. The van der Waals surface area contributed by atoms with Crippen LogP contribution in [-0.2, 0) is 0 Å². The SMILES string of the molecule is CC(/C=C/C=C(C)/C=C/[C@@]1(O)C(C)(C)C[C@H](O)C[C@@]1(C)O)=C\C=C/C=C(C)/C=C/C=C(C)/C=C/[C@]1(O)C(C)(C)C[C@H](O)C[C@@]1(C)O. The summed E-state index contributed by atoms with van der Waals surface area (Å²) in [4.78, 5) is 0. The topological polar surface area (TPSA) is 121 Å². The van der Waals surface area contributed by atoms with Crippen molar-refractivity contribution in [3.63, 3.8) is 0 Å². The average Bonchev–Trinajstić information content (AvgIpc) is 2.89. The van der Waals surface area contributed by atoms with Gasteiger partial charge in [-0.05, 0) is 66.5 Å². The molecule has 6 atom stereocenters. The van der Waals surface area contributed by atoms with Crippen molar-refractivity contribution in [3.05, 3.63) is 107 Å². The molecule has 0 aromatic carbocycles. The number of allylic oxidation sites excluding steroid dienone is 16. The van der Waals surface area contributed by atoms with E-state index in [0.717, 1.165) is 22.3 Å². The smallest absolute Gasteiger partial charge is 0.117 e. The standard InChI is InChI=1S/C40H60O6/c1-29(17-13-19-31(3)21-23-39(45)35(5,6)25-33(41)27-37(39,9)43)15-11-12-16-30(2)18-14-20-32(4)22-24-40(46)36(7,8)26-34(42)28-38(40,10)44/h11-24,33-34,41-46H,25-28H2,1-10H3/b12-11-,17-13+,18-14+,23-21+,24-22+,29-15+,30-16+,31-19+,32-20+/t33-,34-,37+,38+,39-,40+/m0/s1. The molecule has 2 rings (SSSR count). The van der Waals surface area contributed by atoms with E-state index in [2.05, 4.69) is 0 Å². The van der Waals surface area contributed by atoms with Crippen LogP contribution < -0.4 is 0 Å². The lowest BCUT2D eigenvalue weighted by Crippen LogP contribution is -2.65. The van der Waals surface area contributed by atoms with E-state index in [9.17, 15) is 30.6 Å². The van der Waals surface area contributed by atoms with Crippen LogP contribution in [0.2, 0.25) is 0 Å². The molecule has 6 heteroatoms. The van der Waals surface area contributed by atoms with Crippen LogP contribution >= 0.6 is 0 Å². The molecule has 2 aliphatic carbocycles. The molecule has 46 heavy (non-hydrogen) atoms. The normalized spacial score (nSPS) is 36.7. The van der Waals surface area contributed by atoms with E-state index in [4.69, 9.17) is 0 Å². The second-order valence-corrected chi connectivity index (χ2v) is 15.4. The zero-order valence-corrected chi connectivity index (χ0v) is 29.7. The van der Waals surface area contributed by atoms with Gasteiger partial charge in [-0.1, -0.05) is 123 Å². The second-order valence-electron chi connectivity index (χ2n) is 15.4. The molecular weight excluding hydrogens is 576 g/mol. The third-order valence-electron chi connectivity index (χ3n) is 9.90. The zero-order valence-electron chi connectivity index (χ0n) is 29.7. The van der Waals surface area contributed by atoms with Crippen molar-refractivity contribution in [1.82, 2.24) is 0 Å². The van der Waals surface area contributed by atoms with Crippen molar-refractivity contribution < 1.29 is 30.6 Å². The molecule has 0 unspecified atom stereocenters. The number of aliphatic hydroxyl groups excluding tert-OH is 2. The maximum atomic E-state index is 11.4. The van der Waals surface area contributed by atoms with Gasteiger partial charge in [-0.2, -0.15) is 0 Å². The van der Waals surface area contributed by atoms with Gasteiger partial charge in [-0.3, -0.25) is 0 Å². The Balaban J connectivity index is 1.97. The van der Waals surface area contributed by atoms with E-state index in [1.807, 2.05) is 128 Å². The molecule has 2 fully saturated rings. The first-order valence-corrected chi connectivity index (χ1v) is 16.3. The van der Waals surface area contributed by atoms with Crippen molar-refractivity contribution in [3.8, 4) is 0 Å². The lowest BCUT2D eigenvalue weighted by atomic mass is 9.57. The second kappa shape index (κ2) is 15.1. The number of hydrogen-bond donors (Lipinski definition) is 6. The molecule has 256 valence electrons. The Bertz CT molecular complexity index is 1200. The van der Waals surface area contributed by atoms with Gasteiger partial charge in [-0.15, -0.1) is 0 Å². The fraction of sp³-hybridized carbons (Fsp3) is 0.550. The van der Waals surface area contributed by atoms with Gasteiger partial charge in [0.1, 0.15) is 11.2 Å². The minimum Gasteiger partial charge on any atom is -0.393 e. The van der Waals surface area contributed by atoms with E-state index < -0.39 is 45.4 Å². The molecule has 0 radical (unpaired) electrons. The van der Waals surface area contributed by atoms with Gasteiger partial charge in [-0.25, -0.2) is 0 Å². The summed E-state index contributed by atoms with van der Waals surface area (Å²) >= 11 is 0. The summed E-state index contributed by atoms with van der Waals surface area (Å²) in [6.07, 6.45) is 26.5. The average molecular weight is 637 g/mol. The molecular formula is C40H60O6. The van der Waals surface area contributed by atoms with E-state index in [0.29, 0.717) is 12.8 Å². The third kappa shape index (κ3) is 9.50. The first-order valence-electron chi connectivity index (χ1n) is 16.3. The zero-order chi connectivity index (χ0) is 35.2. The highest BCUT2D eigenvalue weighted by Crippen LogP contribution is 2.51. The molecule has 2 aliphatic rings. The Morgan fingerprint density at radius 3 is 1.04 bits per heavy atom. The van der Waals surface area contributed by atoms with E-state index >= 15 is 0 Å². The Morgan fingerprint density at radius 2 is 0.739 bits per heavy atom. The van der Waals surface area contributed by atoms with Crippen molar-refractivity contribution in [1.29, 1.82) is 0 Å². The first-order chi connectivity index (χ1) is 21.0. The molecule has 6 nitrogen and oxygen atoms in total. The number of rotatable bonds is 10. The summed E-state index contributed by atoms with van der Waals surface area (Å²) in [5.41, 5.74) is -3.18. The first kappa shape index (κ1) is 39.6. The highest BCUT2D eigenvalue weighted by Gasteiger charge is 2.59. The van der Waals surface area contributed by atoms with Gasteiger partial charge in [0.15, 0.2) is 0 Å². The van der Waals surface area contributed by atoms with Crippen LogP contribution in [0.15, 0.2) is 107 Å². The Hall–Kier alpha value is -2.58. The monoisotopic (exact) mass is 636 g/mol. The van der Waals surface area contributed by atoms with Crippen LogP contribution in [0.1, 0.15) is 94.9 Å². The van der Waals surface area contributed by atoms with Crippen molar-refractivity contribution in [2.24, 2.45) is 10.8 Å². The van der Waals surface area contributed by atoms with Gasteiger partial charge in [0, 0.05) is 23.7 Å². The number of aliphatic hydroxyl groups is 6. The van der Waals surface area contributed by atoms with Gasteiger partial charge >= 0.3 is 0 Å². The minimum absolute atomic E-state index is 0.126. The van der Waals surface area contributed by atoms with Gasteiger partial charge in [0.05, 0.1) is 23.4 Å². The van der Waals surface area contributed by atoms with Gasteiger partial charge < -0.3 is 30.6 Å². The van der Waals surface area contributed by atoms with Crippen LogP contribution in [0, 0.1) is 10.8 Å². The molecule has 0 heterocycles. The maximum Gasteiger partial charge on any atom is 0.117 e. The van der Waals surface area contributed by atoms with Crippen LogP contribution in [0.3, 0.4) is 0 Å². The van der Waals surface area contributed by atoms with Crippen molar-refractivity contribution >= 4 is 0 Å². The van der Waals surface area contributed by atoms with E-state index in [-0.39, 0.29) is 12.8 Å². The van der Waals surface area contributed by atoms with Crippen molar-refractivity contribution in [2.75, 3.05) is 0 Å². The molecule has 2 saturated carbocycles. The van der Waals surface area contributed by atoms with Gasteiger partial charge in [0.25, 0.3) is 0 Å². The number of hydrogen-bond acceptors (Lipinski definition) is 6. The molecule has 6 N–H and O–H groups in total. The van der Waals surface area contributed by atoms with Gasteiger partial charge in [0.2, 0.25) is 0 Å². The van der Waals surface area contributed by atoms with Crippen LogP contribution in [0.4, 0.5) is 0 Å². The molecule has 0 spiro atoms. The highest BCUT2D eigenvalue weighted by molar-refractivity contribution is 5.34. The molecule has 0 bridgehead atoms. The predicted octanol–water partition coefficient (Wildman–Crippen LogP) is 6.88. The molecule has 0 amide bonds. The summed E-state index contributed by atoms with van der Waals surface area (Å²) in [5, 5.41) is 65.0.